The first-order valence-electron chi connectivity index (χ1n) is 11.1. The number of Topliss-reactive ketones (excluding diaryl/α,β-unsaturated/α-hetero) is 1. The Labute approximate surface area is 194 Å². The third kappa shape index (κ3) is 5.59. The summed E-state index contributed by atoms with van der Waals surface area (Å²) in [5.41, 5.74) is 8.71. The van der Waals surface area contributed by atoms with Gasteiger partial charge in [-0.1, -0.05) is 42.5 Å². The maximum atomic E-state index is 13.0. The van der Waals surface area contributed by atoms with Gasteiger partial charge < -0.3 is 20.8 Å². The number of aliphatic hydroxyl groups excluding tert-OH is 1. The highest BCUT2D eigenvalue weighted by atomic mass is 16.3. The van der Waals surface area contributed by atoms with Crippen LogP contribution in [-0.4, -0.2) is 35.0 Å². The topological polar surface area (TPSA) is 104 Å². The zero-order valence-electron chi connectivity index (χ0n) is 19.0. The average Bonchev–Trinajstić information content (AvgIpc) is 2.83. The largest absolute Gasteiger partial charge is 0.507 e. The zero-order valence-corrected chi connectivity index (χ0v) is 19.0. The number of amides is 1. The van der Waals surface area contributed by atoms with Crippen molar-refractivity contribution < 1.29 is 19.8 Å². The van der Waals surface area contributed by atoms with Gasteiger partial charge >= 0.3 is 0 Å². The molecule has 3 aromatic rings. The van der Waals surface area contributed by atoms with Crippen LogP contribution < -0.4 is 10.6 Å². The van der Waals surface area contributed by atoms with Crippen LogP contribution in [0.2, 0.25) is 0 Å². The van der Waals surface area contributed by atoms with Crippen molar-refractivity contribution >= 4 is 17.4 Å². The van der Waals surface area contributed by atoms with Gasteiger partial charge in [0.2, 0.25) is 5.91 Å². The molecule has 0 spiro atoms. The van der Waals surface area contributed by atoms with Gasteiger partial charge in [0, 0.05) is 48.0 Å². The van der Waals surface area contributed by atoms with Crippen LogP contribution in [-0.2, 0) is 6.42 Å². The molecule has 0 aliphatic carbocycles. The van der Waals surface area contributed by atoms with Crippen molar-refractivity contribution in [2.24, 2.45) is 5.73 Å². The molecular weight excluding hydrogens is 416 g/mol. The van der Waals surface area contributed by atoms with Crippen molar-refractivity contribution in [2.45, 2.75) is 32.8 Å². The van der Waals surface area contributed by atoms with Crippen molar-refractivity contribution in [3.05, 3.63) is 94.5 Å². The summed E-state index contributed by atoms with van der Waals surface area (Å²) < 4.78 is 0. The molecule has 0 radical (unpaired) electrons. The number of hydrogen-bond acceptors (Lipinski definition) is 5. The predicted molar refractivity (Wildman–Crippen MR) is 130 cm³/mol. The summed E-state index contributed by atoms with van der Waals surface area (Å²) in [7, 11) is 0. The molecule has 0 aromatic heterocycles. The normalized spacial score (nSPS) is 11.7. The standard InChI is InChI=1S/C27H30N2O4/c1-3-29(4-2)20-14-15-23(25(31)17-20)26(32)22-8-6-5-7-21(22)24(30)16-11-18-9-12-19(13-10-18)27(28)33/h5-10,12-15,17,26,31-32H,3-4,11,16H2,1-2H3,(H2,28,33). The molecule has 33 heavy (non-hydrogen) atoms. The first kappa shape index (κ1) is 24.0. The zero-order chi connectivity index (χ0) is 24.0. The second kappa shape index (κ2) is 10.8. The summed E-state index contributed by atoms with van der Waals surface area (Å²) >= 11 is 0. The number of rotatable bonds is 10. The van der Waals surface area contributed by atoms with E-state index in [1.165, 1.54) is 0 Å². The monoisotopic (exact) mass is 446 g/mol. The minimum atomic E-state index is -1.13. The van der Waals surface area contributed by atoms with Crippen LogP contribution in [0.4, 0.5) is 5.69 Å². The van der Waals surface area contributed by atoms with E-state index < -0.39 is 12.0 Å². The third-order valence-corrected chi connectivity index (χ3v) is 5.87. The minimum Gasteiger partial charge on any atom is -0.507 e. The van der Waals surface area contributed by atoms with Gasteiger partial charge in [0.25, 0.3) is 0 Å². The molecule has 6 nitrogen and oxygen atoms in total. The van der Waals surface area contributed by atoms with E-state index in [1.54, 1.807) is 60.7 Å². The fraction of sp³-hybridized carbons (Fsp3) is 0.259. The fourth-order valence-electron chi connectivity index (χ4n) is 3.93. The van der Waals surface area contributed by atoms with Crippen LogP contribution >= 0.6 is 0 Å². The highest BCUT2D eigenvalue weighted by Gasteiger charge is 2.21. The number of phenolic OH excluding ortho intramolecular Hbond substituents is 1. The molecule has 6 heteroatoms. The summed E-state index contributed by atoms with van der Waals surface area (Å²) in [5.74, 6) is -0.611. The van der Waals surface area contributed by atoms with E-state index in [0.717, 1.165) is 24.3 Å². The Morgan fingerprint density at radius 1 is 0.939 bits per heavy atom. The van der Waals surface area contributed by atoms with Crippen molar-refractivity contribution in [3.63, 3.8) is 0 Å². The third-order valence-electron chi connectivity index (χ3n) is 5.87. The van der Waals surface area contributed by atoms with Crippen molar-refractivity contribution in [2.75, 3.05) is 18.0 Å². The maximum absolute atomic E-state index is 13.0. The summed E-state index contributed by atoms with van der Waals surface area (Å²) in [5, 5.41) is 21.6. The summed E-state index contributed by atoms with van der Waals surface area (Å²) in [6.07, 6.45) is -0.399. The molecule has 3 aromatic carbocycles. The second-order valence-corrected chi connectivity index (χ2v) is 7.89. The smallest absolute Gasteiger partial charge is 0.248 e. The molecular formula is C27H30N2O4. The highest BCUT2D eigenvalue weighted by molar-refractivity contribution is 5.98. The quantitative estimate of drug-likeness (QED) is 0.404. The molecule has 0 aliphatic rings. The average molecular weight is 447 g/mol. The van der Waals surface area contributed by atoms with Crippen LogP contribution in [0.25, 0.3) is 0 Å². The lowest BCUT2D eigenvalue weighted by Crippen LogP contribution is -2.21. The number of ketones is 1. The number of anilines is 1. The second-order valence-electron chi connectivity index (χ2n) is 7.89. The molecule has 172 valence electrons. The SMILES string of the molecule is CCN(CC)c1ccc(C(O)c2ccccc2C(=O)CCc2ccc(C(N)=O)cc2)c(O)c1. The minimum absolute atomic E-state index is 0.0105. The molecule has 0 heterocycles. The van der Waals surface area contributed by atoms with E-state index in [-0.39, 0.29) is 18.0 Å². The Kier molecular flexibility index (Phi) is 7.85. The number of nitrogens with two attached hydrogens (primary N) is 1. The van der Waals surface area contributed by atoms with Crippen LogP contribution in [0.15, 0.2) is 66.7 Å². The number of aliphatic hydroxyl groups is 1. The lowest BCUT2D eigenvalue weighted by molar-refractivity contribution is 0.0974. The van der Waals surface area contributed by atoms with Gasteiger partial charge in [-0.25, -0.2) is 0 Å². The highest BCUT2D eigenvalue weighted by Crippen LogP contribution is 2.34. The number of phenols is 1. The van der Waals surface area contributed by atoms with E-state index in [1.807, 2.05) is 19.9 Å². The van der Waals surface area contributed by atoms with Gasteiger partial charge in [-0.2, -0.15) is 0 Å². The first-order chi connectivity index (χ1) is 15.8. The lowest BCUT2D eigenvalue weighted by Gasteiger charge is -2.23. The van der Waals surface area contributed by atoms with Gasteiger partial charge in [-0.05, 0) is 49.6 Å². The number of hydrogen-bond donors (Lipinski definition) is 3. The Morgan fingerprint density at radius 3 is 2.21 bits per heavy atom. The molecule has 0 bridgehead atoms. The molecule has 1 amide bonds. The summed E-state index contributed by atoms with van der Waals surface area (Å²) in [6, 6.07) is 19.0. The molecule has 3 rings (SSSR count). The Hall–Kier alpha value is -3.64. The number of aromatic hydroxyl groups is 1. The van der Waals surface area contributed by atoms with E-state index in [4.69, 9.17) is 5.73 Å². The number of carbonyl (C=O) groups excluding carboxylic acids is 2. The predicted octanol–water partition coefficient (Wildman–Crippen LogP) is 4.23. The van der Waals surface area contributed by atoms with Crippen molar-refractivity contribution in [1.29, 1.82) is 0 Å². The fourth-order valence-corrected chi connectivity index (χ4v) is 3.93. The van der Waals surface area contributed by atoms with Crippen LogP contribution in [0.3, 0.4) is 0 Å². The number of nitrogens with zero attached hydrogens (tertiary/aromatic N) is 1. The van der Waals surface area contributed by atoms with E-state index >= 15 is 0 Å². The Bertz CT molecular complexity index is 1120. The van der Waals surface area contributed by atoms with Gasteiger partial charge in [0.05, 0.1) is 0 Å². The molecule has 0 aliphatic heterocycles. The molecule has 0 saturated heterocycles. The van der Waals surface area contributed by atoms with Crippen LogP contribution in [0.5, 0.6) is 5.75 Å². The molecule has 0 saturated carbocycles. The van der Waals surface area contributed by atoms with Crippen molar-refractivity contribution in [3.8, 4) is 5.75 Å². The number of aryl methyl sites for hydroxylation is 1. The van der Waals surface area contributed by atoms with Crippen molar-refractivity contribution in [1.82, 2.24) is 0 Å². The number of primary amides is 1. The van der Waals surface area contributed by atoms with Gasteiger partial charge in [0.1, 0.15) is 11.9 Å². The molecule has 1 unspecified atom stereocenters. The lowest BCUT2D eigenvalue weighted by atomic mass is 9.92. The van der Waals surface area contributed by atoms with Crippen LogP contribution in [0.1, 0.15) is 63.8 Å². The number of carbonyl (C=O) groups is 2. The van der Waals surface area contributed by atoms with Gasteiger partial charge in [-0.15, -0.1) is 0 Å². The Balaban J connectivity index is 1.79. The molecule has 1 atom stereocenters. The summed E-state index contributed by atoms with van der Waals surface area (Å²) in [6.45, 7) is 5.69. The summed E-state index contributed by atoms with van der Waals surface area (Å²) in [4.78, 5) is 26.3. The molecule has 4 N–H and O–H groups in total. The Morgan fingerprint density at radius 2 is 1.61 bits per heavy atom. The number of benzene rings is 3. The van der Waals surface area contributed by atoms with Gasteiger partial charge in [0.15, 0.2) is 5.78 Å². The van der Waals surface area contributed by atoms with E-state index in [0.29, 0.717) is 28.7 Å². The molecule has 0 fully saturated rings. The van der Waals surface area contributed by atoms with Gasteiger partial charge in [-0.3, -0.25) is 9.59 Å². The maximum Gasteiger partial charge on any atom is 0.248 e. The van der Waals surface area contributed by atoms with E-state index in [9.17, 15) is 19.8 Å². The first-order valence-corrected chi connectivity index (χ1v) is 11.1. The van der Waals surface area contributed by atoms with E-state index in [2.05, 4.69) is 4.90 Å². The van der Waals surface area contributed by atoms with Crippen LogP contribution in [0, 0.1) is 0 Å².